The molecule has 0 bridgehead atoms. The van der Waals surface area contributed by atoms with Crippen molar-refractivity contribution in [2.75, 3.05) is 12.3 Å². The van der Waals surface area contributed by atoms with Crippen molar-refractivity contribution < 1.29 is 19.3 Å². The lowest BCUT2D eigenvalue weighted by Gasteiger charge is -2.24. The molecule has 2 fully saturated rings. The molecule has 0 amide bonds. The zero-order valence-electron chi connectivity index (χ0n) is 13.1. The Morgan fingerprint density at radius 1 is 1.30 bits per heavy atom. The average Bonchev–Trinajstić information content (AvgIpc) is 3.09. The van der Waals surface area contributed by atoms with Gasteiger partial charge in [0.25, 0.3) is 0 Å². The van der Waals surface area contributed by atoms with Gasteiger partial charge in [-0.25, -0.2) is 15.0 Å². The van der Waals surface area contributed by atoms with Crippen molar-refractivity contribution in [3.05, 3.63) is 12.2 Å². The second kappa shape index (κ2) is 4.84. The first-order valence-corrected chi connectivity index (χ1v) is 7.48. The topological polar surface area (TPSA) is 118 Å². The number of fused-ring (bicyclic) bond motifs is 2. The van der Waals surface area contributed by atoms with Gasteiger partial charge in [0, 0.05) is 0 Å². The Morgan fingerprint density at radius 2 is 2.04 bits per heavy atom. The zero-order valence-corrected chi connectivity index (χ0v) is 13.1. The molecule has 2 saturated heterocycles. The van der Waals surface area contributed by atoms with Crippen LogP contribution >= 0.6 is 0 Å². The van der Waals surface area contributed by atoms with Gasteiger partial charge in [0.1, 0.15) is 29.7 Å². The van der Waals surface area contributed by atoms with E-state index in [2.05, 4.69) is 15.0 Å². The summed E-state index contributed by atoms with van der Waals surface area (Å²) in [4.78, 5) is 12.8. The minimum absolute atomic E-state index is 0.153. The summed E-state index contributed by atoms with van der Waals surface area (Å²) < 4.78 is 19.5. The number of aromatic nitrogens is 4. The maximum absolute atomic E-state index is 9.57. The van der Waals surface area contributed by atoms with Crippen molar-refractivity contribution in [1.29, 1.82) is 0 Å². The molecule has 0 saturated carbocycles. The highest BCUT2D eigenvalue weighted by Gasteiger charge is 2.55. The zero-order chi connectivity index (χ0) is 16.4. The van der Waals surface area contributed by atoms with E-state index in [1.54, 1.807) is 17.8 Å². The molecule has 3 N–H and O–H groups in total. The number of aliphatic hydroxyl groups excluding tert-OH is 1. The highest BCUT2D eigenvalue weighted by Crippen LogP contribution is 2.43. The van der Waals surface area contributed by atoms with E-state index in [4.69, 9.17) is 19.9 Å². The number of rotatable bonds is 2. The van der Waals surface area contributed by atoms with E-state index < -0.39 is 18.1 Å². The average molecular weight is 321 g/mol. The summed E-state index contributed by atoms with van der Waals surface area (Å²) in [5.74, 6) is 0.141. The number of nitrogen functional groups attached to an aromatic ring is 1. The summed E-state index contributed by atoms with van der Waals surface area (Å²) in [6.07, 6.45) is -0.0819. The van der Waals surface area contributed by atoms with E-state index in [-0.39, 0.29) is 18.8 Å². The molecule has 9 nitrogen and oxygen atoms in total. The lowest BCUT2D eigenvalue weighted by Crippen LogP contribution is -2.31. The molecule has 9 heteroatoms. The number of hydrogen-bond donors (Lipinski definition) is 2. The van der Waals surface area contributed by atoms with Gasteiger partial charge in [-0.2, -0.15) is 0 Å². The fourth-order valence-electron chi connectivity index (χ4n) is 3.27. The van der Waals surface area contributed by atoms with Gasteiger partial charge in [-0.1, -0.05) is 0 Å². The van der Waals surface area contributed by atoms with Crippen LogP contribution in [0, 0.1) is 6.92 Å². The number of hydrogen-bond acceptors (Lipinski definition) is 8. The number of imidazole rings is 1. The fourth-order valence-corrected chi connectivity index (χ4v) is 3.27. The number of nitrogens with zero attached hydrogens (tertiary/aromatic N) is 4. The van der Waals surface area contributed by atoms with E-state index in [9.17, 15) is 5.11 Å². The van der Waals surface area contributed by atoms with Crippen LogP contribution < -0.4 is 5.73 Å². The highest BCUT2D eigenvalue weighted by atomic mass is 16.8. The first-order valence-electron chi connectivity index (χ1n) is 7.48. The number of ether oxygens (including phenoxy) is 3. The van der Waals surface area contributed by atoms with Crippen molar-refractivity contribution >= 4 is 17.0 Å². The largest absolute Gasteiger partial charge is 0.394 e. The van der Waals surface area contributed by atoms with Gasteiger partial charge < -0.3 is 25.1 Å². The lowest BCUT2D eigenvalue weighted by atomic mass is 10.1. The molecule has 4 rings (SSSR count). The normalized spacial score (nSPS) is 32.5. The van der Waals surface area contributed by atoms with E-state index in [1.165, 1.54) is 0 Å². The van der Waals surface area contributed by atoms with E-state index in [0.717, 1.165) is 0 Å². The van der Waals surface area contributed by atoms with Crippen LogP contribution in [0.3, 0.4) is 0 Å². The van der Waals surface area contributed by atoms with Gasteiger partial charge in [-0.3, -0.25) is 4.57 Å². The summed E-state index contributed by atoms with van der Waals surface area (Å²) in [7, 11) is 0. The van der Waals surface area contributed by atoms with E-state index >= 15 is 0 Å². The third-order valence-electron chi connectivity index (χ3n) is 4.14. The van der Waals surface area contributed by atoms with Crippen LogP contribution in [0.2, 0.25) is 0 Å². The minimum atomic E-state index is -0.731. The molecule has 0 radical (unpaired) electrons. The number of aryl methyl sites for hydroxylation is 1. The third-order valence-corrected chi connectivity index (χ3v) is 4.14. The Labute approximate surface area is 132 Å². The molecule has 4 unspecified atom stereocenters. The predicted molar refractivity (Wildman–Crippen MR) is 79.3 cm³/mol. The van der Waals surface area contributed by atoms with Crippen molar-refractivity contribution in [3.8, 4) is 0 Å². The molecule has 0 aliphatic carbocycles. The van der Waals surface area contributed by atoms with Crippen LogP contribution in [-0.4, -0.2) is 55.3 Å². The lowest BCUT2D eigenvalue weighted by molar-refractivity contribution is -0.199. The Balaban J connectivity index is 1.79. The molecule has 2 aromatic heterocycles. The molecule has 124 valence electrons. The van der Waals surface area contributed by atoms with Crippen LogP contribution in [0.4, 0.5) is 5.82 Å². The van der Waals surface area contributed by atoms with Crippen LogP contribution in [0.1, 0.15) is 25.9 Å². The molecular weight excluding hydrogens is 302 g/mol. The second-order valence-electron chi connectivity index (χ2n) is 6.29. The molecule has 0 aromatic carbocycles. The molecule has 23 heavy (non-hydrogen) atoms. The number of aliphatic hydroxyl groups is 1. The molecule has 0 spiro atoms. The molecular formula is C14H19N5O4. The Hall–Kier alpha value is -1.81. The molecule has 4 heterocycles. The van der Waals surface area contributed by atoms with Crippen LogP contribution in [0.25, 0.3) is 11.2 Å². The summed E-state index contributed by atoms with van der Waals surface area (Å²) in [5.41, 5.74) is 7.00. The van der Waals surface area contributed by atoms with Gasteiger partial charge in [0.05, 0.1) is 12.9 Å². The molecule has 2 aromatic rings. The number of nitrogens with two attached hydrogens (primary N) is 1. The predicted octanol–water partition coefficient (Wildman–Crippen LogP) is 0.127. The van der Waals surface area contributed by atoms with Gasteiger partial charge in [0.15, 0.2) is 23.5 Å². The first kappa shape index (κ1) is 14.8. The Morgan fingerprint density at radius 3 is 2.78 bits per heavy atom. The van der Waals surface area contributed by atoms with E-state index in [0.29, 0.717) is 22.8 Å². The monoisotopic (exact) mass is 321 g/mol. The Bertz CT molecular complexity index is 761. The van der Waals surface area contributed by atoms with Crippen molar-refractivity contribution in [2.24, 2.45) is 0 Å². The van der Waals surface area contributed by atoms with Crippen molar-refractivity contribution in [2.45, 2.75) is 51.1 Å². The van der Waals surface area contributed by atoms with Crippen LogP contribution in [0.5, 0.6) is 0 Å². The van der Waals surface area contributed by atoms with Crippen molar-refractivity contribution in [1.82, 2.24) is 19.5 Å². The summed E-state index contributed by atoms with van der Waals surface area (Å²) in [6, 6.07) is 0. The van der Waals surface area contributed by atoms with Crippen LogP contribution in [-0.2, 0) is 14.2 Å². The summed E-state index contributed by atoms with van der Waals surface area (Å²) in [6.45, 7) is 5.29. The van der Waals surface area contributed by atoms with Crippen molar-refractivity contribution in [3.63, 3.8) is 0 Å². The van der Waals surface area contributed by atoms with Crippen LogP contribution in [0.15, 0.2) is 6.33 Å². The third kappa shape index (κ3) is 2.19. The molecule has 2 aliphatic heterocycles. The standard InChI is InChI=1S/C14H19N5O4/c1-6-17-11(15)8-12(18-6)19(5-16-8)13-10-9(7(4-20)21-13)22-14(2,3)23-10/h5,7,9-10,13,20H,4H2,1-3H3,(H2,15,17,18). The molecule has 2 aliphatic rings. The maximum Gasteiger partial charge on any atom is 0.167 e. The Kier molecular flexibility index (Phi) is 3.11. The highest BCUT2D eigenvalue weighted by molar-refractivity contribution is 5.81. The minimum Gasteiger partial charge on any atom is -0.394 e. The van der Waals surface area contributed by atoms with Gasteiger partial charge in [0.2, 0.25) is 0 Å². The molecule has 4 atom stereocenters. The maximum atomic E-state index is 9.57. The fraction of sp³-hybridized carbons (Fsp3) is 0.643. The summed E-state index contributed by atoms with van der Waals surface area (Å²) in [5, 5.41) is 9.57. The second-order valence-corrected chi connectivity index (χ2v) is 6.29. The number of anilines is 1. The van der Waals surface area contributed by atoms with Gasteiger partial charge in [-0.05, 0) is 20.8 Å². The summed E-state index contributed by atoms with van der Waals surface area (Å²) >= 11 is 0. The SMILES string of the molecule is Cc1nc(N)c2ncn(C3OC(CO)C4OC(C)(C)OC43)c2n1. The van der Waals surface area contributed by atoms with Gasteiger partial charge in [-0.15, -0.1) is 0 Å². The van der Waals surface area contributed by atoms with Gasteiger partial charge >= 0.3 is 0 Å². The van der Waals surface area contributed by atoms with E-state index in [1.807, 2.05) is 13.8 Å². The first-order chi connectivity index (χ1) is 10.9. The smallest absolute Gasteiger partial charge is 0.167 e. The quantitative estimate of drug-likeness (QED) is 0.801.